The van der Waals surface area contributed by atoms with Crippen LogP contribution in [0.5, 0.6) is 0 Å². The van der Waals surface area contributed by atoms with E-state index >= 15 is 0 Å². The number of rotatable bonds is 5. The molecule has 2 rings (SSSR count). The van der Waals surface area contributed by atoms with Crippen LogP contribution in [-0.4, -0.2) is 39.1 Å². The quantitative estimate of drug-likeness (QED) is 0.546. The number of aromatic nitrogens is 2. The number of carbonyl (C=O) groups excluding carboxylic acids is 1. The molecule has 1 aliphatic rings. The lowest BCUT2D eigenvalue weighted by atomic mass is 10.7. The Morgan fingerprint density at radius 1 is 1.47 bits per heavy atom. The maximum Gasteiger partial charge on any atom is 0.321 e. The van der Waals surface area contributed by atoms with Crippen LogP contribution in [0.25, 0.3) is 0 Å². The van der Waals surface area contributed by atoms with Gasteiger partial charge in [-0.3, -0.25) is 10.1 Å². The van der Waals surface area contributed by atoms with E-state index in [0.29, 0.717) is 9.47 Å². The zero-order valence-electron chi connectivity index (χ0n) is 8.67. The number of carboxylic acid groups (broad SMARTS) is 1. The molecule has 0 bridgehead atoms. The van der Waals surface area contributed by atoms with Crippen molar-refractivity contribution in [2.45, 2.75) is 23.2 Å². The summed E-state index contributed by atoms with van der Waals surface area (Å²) in [4.78, 5) is 21.7. The molecular formula is C8H10N4O3S2. The second-order valence-corrected chi connectivity index (χ2v) is 5.63. The number of urea groups is 1. The molecule has 17 heavy (non-hydrogen) atoms. The molecule has 1 fully saturated rings. The number of thioether (sulfide) groups is 1. The summed E-state index contributed by atoms with van der Waals surface area (Å²) in [6, 6.07) is -0.0118. The molecule has 0 aromatic carbocycles. The third-order valence-electron chi connectivity index (χ3n) is 1.86. The number of aliphatic carboxylic acids is 1. The number of carboxylic acids is 1. The molecule has 0 saturated heterocycles. The van der Waals surface area contributed by atoms with E-state index in [-0.39, 0.29) is 17.8 Å². The first-order chi connectivity index (χ1) is 8.13. The van der Waals surface area contributed by atoms with Crippen molar-refractivity contribution < 1.29 is 14.7 Å². The second kappa shape index (κ2) is 5.32. The van der Waals surface area contributed by atoms with E-state index in [1.165, 1.54) is 0 Å². The van der Waals surface area contributed by atoms with Crippen LogP contribution in [0.4, 0.5) is 9.93 Å². The monoisotopic (exact) mass is 274 g/mol. The predicted octanol–water partition coefficient (Wildman–Crippen LogP) is 0.999. The lowest BCUT2D eigenvalue weighted by Crippen LogP contribution is -2.30. The Bertz CT molecular complexity index is 432. The highest BCUT2D eigenvalue weighted by atomic mass is 32.2. The molecule has 0 aliphatic heterocycles. The highest BCUT2D eigenvalue weighted by Crippen LogP contribution is 2.25. The fourth-order valence-electron chi connectivity index (χ4n) is 0.988. The molecule has 3 N–H and O–H groups in total. The Labute approximate surface area is 105 Å². The van der Waals surface area contributed by atoms with Gasteiger partial charge in [0.1, 0.15) is 0 Å². The van der Waals surface area contributed by atoms with E-state index in [9.17, 15) is 9.59 Å². The van der Waals surface area contributed by atoms with Crippen molar-refractivity contribution >= 4 is 40.2 Å². The number of carbonyl (C=O) groups is 2. The molecule has 9 heteroatoms. The van der Waals surface area contributed by atoms with Crippen molar-refractivity contribution in [2.24, 2.45) is 0 Å². The number of hydrogen-bond acceptors (Lipinski definition) is 6. The SMILES string of the molecule is O=C(O)CSc1nnc(NC(=O)NC2CC2)s1. The summed E-state index contributed by atoms with van der Waals surface area (Å²) in [5.74, 6) is -0.978. The van der Waals surface area contributed by atoms with Gasteiger partial charge in [0, 0.05) is 6.04 Å². The normalized spacial score (nSPS) is 14.4. The molecule has 1 heterocycles. The number of nitrogens with zero attached hydrogens (tertiary/aromatic N) is 2. The van der Waals surface area contributed by atoms with Gasteiger partial charge < -0.3 is 10.4 Å². The third-order valence-corrected chi connectivity index (χ3v) is 3.82. The Balaban J connectivity index is 1.80. The molecule has 1 aromatic rings. The maximum atomic E-state index is 11.4. The molecule has 0 spiro atoms. The standard InChI is InChI=1S/C8H10N4O3S2/c13-5(14)3-16-8-12-11-7(17-8)10-6(15)9-4-1-2-4/h4H,1-3H2,(H,13,14)(H2,9,10,11,15). The molecule has 7 nitrogen and oxygen atoms in total. The molecule has 0 radical (unpaired) electrons. The van der Waals surface area contributed by atoms with Gasteiger partial charge in [-0.1, -0.05) is 23.1 Å². The Kier molecular flexibility index (Phi) is 3.79. The van der Waals surface area contributed by atoms with Crippen LogP contribution in [0.2, 0.25) is 0 Å². The highest BCUT2D eigenvalue weighted by Gasteiger charge is 2.23. The average molecular weight is 274 g/mol. The fraction of sp³-hybridized carbons (Fsp3) is 0.500. The van der Waals surface area contributed by atoms with E-state index in [4.69, 9.17) is 5.11 Å². The van der Waals surface area contributed by atoms with Gasteiger partial charge >= 0.3 is 12.0 Å². The van der Waals surface area contributed by atoms with Crippen molar-refractivity contribution in [1.29, 1.82) is 0 Å². The summed E-state index contributed by atoms with van der Waals surface area (Å²) in [5.41, 5.74) is 0. The van der Waals surface area contributed by atoms with Gasteiger partial charge in [0.05, 0.1) is 5.75 Å². The maximum absolute atomic E-state index is 11.4. The fourth-order valence-corrected chi connectivity index (χ4v) is 2.46. The van der Waals surface area contributed by atoms with E-state index < -0.39 is 5.97 Å². The summed E-state index contributed by atoms with van der Waals surface area (Å²) < 4.78 is 0.522. The zero-order valence-corrected chi connectivity index (χ0v) is 10.3. The topological polar surface area (TPSA) is 104 Å². The summed E-state index contributed by atoms with van der Waals surface area (Å²) in [7, 11) is 0. The minimum Gasteiger partial charge on any atom is -0.481 e. The molecule has 1 aromatic heterocycles. The van der Waals surface area contributed by atoms with Crippen LogP contribution >= 0.6 is 23.1 Å². The summed E-state index contributed by atoms with van der Waals surface area (Å²) in [6.45, 7) is 0. The van der Waals surface area contributed by atoms with Crippen LogP contribution in [0.3, 0.4) is 0 Å². The Morgan fingerprint density at radius 2 is 2.24 bits per heavy atom. The van der Waals surface area contributed by atoms with E-state index in [2.05, 4.69) is 20.8 Å². The van der Waals surface area contributed by atoms with E-state index in [0.717, 1.165) is 35.9 Å². The van der Waals surface area contributed by atoms with Crippen molar-refractivity contribution in [3.63, 3.8) is 0 Å². The molecule has 92 valence electrons. The first kappa shape index (κ1) is 12.1. The van der Waals surface area contributed by atoms with Gasteiger partial charge in [-0.2, -0.15) is 0 Å². The van der Waals surface area contributed by atoms with Gasteiger partial charge in [-0.05, 0) is 12.8 Å². The van der Waals surface area contributed by atoms with Crippen LogP contribution in [-0.2, 0) is 4.79 Å². The van der Waals surface area contributed by atoms with Crippen molar-refractivity contribution in [3.8, 4) is 0 Å². The van der Waals surface area contributed by atoms with Gasteiger partial charge in [-0.25, -0.2) is 4.79 Å². The minimum atomic E-state index is -0.911. The zero-order chi connectivity index (χ0) is 12.3. The van der Waals surface area contributed by atoms with Gasteiger partial charge in [0.25, 0.3) is 0 Å². The highest BCUT2D eigenvalue weighted by molar-refractivity contribution is 8.01. The molecular weight excluding hydrogens is 264 g/mol. The Hall–Kier alpha value is -1.35. The second-order valence-electron chi connectivity index (χ2n) is 3.43. The first-order valence-corrected chi connectivity index (χ1v) is 6.69. The Morgan fingerprint density at radius 3 is 2.88 bits per heavy atom. The van der Waals surface area contributed by atoms with Crippen LogP contribution in [0, 0.1) is 0 Å². The molecule has 2 amide bonds. The third kappa shape index (κ3) is 4.19. The lowest BCUT2D eigenvalue weighted by molar-refractivity contribution is -0.133. The van der Waals surface area contributed by atoms with Gasteiger partial charge in [-0.15, -0.1) is 10.2 Å². The van der Waals surface area contributed by atoms with Gasteiger partial charge in [0.2, 0.25) is 5.13 Å². The number of hydrogen-bond donors (Lipinski definition) is 3. The number of nitrogens with one attached hydrogen (secondary N) is 2. The summed E-state index contributed by atoms with van der Waals surface area (Å²) >= 11 is 2.23. The predicted molar refractivity (Wildman–Crippen MR) is 63.4 cm³/mol. The molecule has 1 saturated carbocycles. The van der Waals surface area contributed by atoms with E-state index in [1.54, 1.807) is 0 Å². The summed E-state index contributed by atoms with van der Waals surface area (Å²) in [5, 5.41) is 21.7. The minimum absolute atomic E-state index is 0.0666. The van der Waals surface area contributed by atoms with Crippen molar-refractivity contribution in [3.05, 3.63) is 0 Å². The van der Waals surface area contributed by atoms with Crippen LogP contribution in [0.15, 0.2) is 4.34 Å². The van der Waals surface area contributed by atoms with Crippen LogP contribution in [0.1, 0.15) is 12.8 Å². The summed E-state index contributed by atoms with van der Waals surface area (Å²) in [6.07, 6.45) is 2.03. The lowest BCUT2D eigenvalue weighted by Gasteiger charge is -2.01. The number of amides is 2. The number of anilines is 1. The molecule has 0 unspecified atom stereocenters. The average Bonchev–Trinajstić information content (AvgIpc) is 2.94. The van der Waals surface area contributed by atoms with Gasteiger partial charge in [0.15, 0.2) is 4.34 Å². The van der Waals surface area contributed by atoms with E-state index in [1.807, 2.05) is 0 Å². The van der Waals surface area contributed by atoms with Crippen molar-refractivity contribution in [2.75, 3.05) is 11.1 Å². The smallest absolute Gasteiger partial charge is 0.321 e. The largest absolute Gasteiger partial charge is 0.481 e. The first-order valence-electron chi connectivity index (χ1n) is 4.89. The van der Waals surface area contributed by atoms with Crippen molar-refractivity contribution in [1.82, 2.24) is 15.5 Å². The molecule has 1 aliphatic carbocycles. The van der Waals surface area contributed by atoms with Crippen LogP contribution < -0.4 is 10.6 Å². The molecule has 0 atom stereocenters.